The van der Waals surface area contributed by atoms with Crippen molar-refractivity contribution >= 4 is 6.09 Å². The molecule has 128 valence electrons. The molecule has 1 aromatic carbocycles. The van der Waals surface area contributed by atoms with Gasteiger partial charge in [0.1, 0.15) is 5.60 Å². The lowest BCUT2D eigenvalue weighted by Gasteiger charge is -2.42. The van der Waals surface area contributed by atoms with E-state index in [0.717, 1.165) is 19.5 Å². The summed E-state index contributed by atoms with van der Waals surface area (Å²) in [4.78, 5) is 14.5. The van der Waals surface area contributed by atoms with Crippen molar-refractivity contribution in [2.75, 3.05) is 6.54 Å². The van der Waals surface area contributed by atoms with Crippen molar-refractivity contribution < 1.29 is 9.53 Å². The number of carbonyl (C=O) groups is 1. The highest BCUT2D eigenvalue weighted by atomic mass is 16.6. The van der Waals surface area contributed by atoms with Gasteiger partial charge in [-0.2, -0.15) is 0 Å². The quantitative estimate of drug-likeness (QED) is 0.921. The number of benzene rings is 1. The van der Waals surface area contributed by atoms with Crippen LogP contribution in [0.4, 0.5) is 4.79 Å². The fourth-order valence-electron chi connectivity index (χ4n) is 3.19. The lowest BCUT2D eigenvalue weighted by Crippen LogP contribution is -2.56. The molecule has 4 heteroatoms. The van der Waals surface area contributed by atoms with Crippen LogP contribution in [0, 0.1) is 5.92 Å². The second-order valence-electron chi connectivity index (χ2n) is 7.75. The minimum atomic E-state index is -0.461. The van der Waals surface area contributed by atoms with E-state index in [0.29, 0.717) is 12.0 Å². The number of piperidine rings is 1. The number of hydrogen-bond acceptors (Lipinski definition) is 3. The summed E-state index contributed by atoms with van der Waals surface area (Å²) < 4.78 is 5.41. The molecule has 0 aliphatic carbocycles. The van der Waals surface area contributed by atoms with Gasteiger partial charge in [-0.25, -0.2) is 4.79 Å². The summed E-state index contributed by atoms with van der Waals surface area (Å²) in [7, 11) is 0. The number of rotatable bonds is 3. The number of carbonyl (C=O) groups excluding carboxylic acids is 1. The SMILES string of the molecule is C[C@@H]1C[C@H](NC(=O)OC(C)(C)C)[C@@H](C)N(Cc2ccccc2)C1. The van der Waals surface area contributed by atoms with Gasteiger partial charge in [0.05, 0.1) is 0 Å². The third kappa shape index (κ3) is 5.54. The Labute approximate surface area is 140 Å². The molecule has 1 heterocycles. The molecule has 0 radical (unpaired) electrons. The second kappa shape index (κ2) is 7.35. The van der Waals surface area contributed by atoms with E-state index in [9.17, 15) is 4.79 Å². The summed E-state index contributed by atoms with van der Waals surface area (Å²) in [5.74, 6) is 0.551. The summed E-state index contributed by atoms with van der Waals surface area (Å²) in [5.41, 5.74) is 0.849. The van der Waals surface area contributed by atoms with Crippen molar-refractivity contribution in [3.8, 4) is 0 Å². The van der Waals surface area contributed by atoms with E-state index in [4.69, 9.17) is 4.74 Å². The van der Waals surface area contributed by atoms with Crippen molar-refractivity contribution in [3.05, 3.63) is 35.9 Å². The van der Waals surface area contributed by atoms with Crippen LogP contribution in [-0.4, -0.2) is 35.2 Å². The molecule has 4 nitrogen and oxygen atoms in total. The van der Waals surface area contributed by atoms with Crippen molar-refractivity contribution in [3.63, 3.8) is 0 Å². The van der Waals surface area contributed by atoms with Gasteiger partial charge < -0.3 is 10.1 Å². The Morgan fingerprint density at radius 2 is 1.91 bits per heavy atom. The van der Waals surface area contributed by atoms with Crippen LogP contribution in [0.5, 0.6) is 0 Å². The van der Waals surface area contributed by atoms with E-state index in [-0.39, 0.29) is 12.1 Å². The summed E-state index contributed by atoms with van der Waals surface area (Å²) in [6.07, 6.45) is 0.675. The maximum atomic E-state index is 12.1. The summed E-state index contributed by atoms with van der Waals surface area (Å²) >= 11 is 0. The smallest absolute Gasteiger partial charge is 0.407 e. The van der Waals surface area contributed by atoms with Gasteiger partial charge >= 0.3 is 6.09 Å². The first kappa shape index (κ1) is 17.8. The van der Waals surface area contributed by atoms with Crippen molar-refractivity contribution in [1.29, 1.82) is 0 Å². The molecule has 1 aromatic rings. The zero-order valence-corrected chi connectivity index (χ0v) is 15.0. The predicted molar refractivity (Wildman–Crippen MR) is 93.3 cm³/mol. The number of likely N-dealkylation sites (tertiary alicyclic amines) is 1. The largest absolute Gasteiger partial charge is 0.444 e. The Balaban J connectivity index is 1.99. The second-order valence-corrected chi connectivity index (χ2v) is 7.75. The maximum Gasteiger partial charge on any atom is 0.407 e. The molecule has 0 unspecified atom stereocenters. The third-order valence-corrected chi connectivity index (χ3v) is 4.29. The lowest BCUT2D eigenvalue weighted by atomic mass is 9.90. The van der Waals surface area contributed by atoms with Crippen LogP contribution in [0.1, 0.15) is 46.6 Å². The van der Waals surface area contributed by atoms with E-state index in [1.807, 2.05) is 26.8 Å². The molecule has 1 amide bonds. The molecule has 1 saturated heterocycles. The molecule has 0 spiro atoms. The normalized spacial score (nSPS) is 25.9. The fraction of sp³-hybridized carbons (Fsp3) is 0.632. The molecular formula is C19H30N2O2. The molecule has 23 heavy (non-hydrogen) atoms. The highest BCUT2D eigenvalue weighted by molar-refractivity contribution is 5.68. The van der Waals surface area contributed by atoms with Crippen molar-refractivity contribution in [2.45, 2.75) is 65.3 Å². The molecule has 0 saturated carbocycles. The van der Waals surface area contributed by atoms with Gasteiger partial charge in [0.2, 0.25) is 0 Å². The van der Waals surface area contributed by atoms with E-state index >= 15 is 0 Å². The van der Waals surface area contributed by atoms with Gasteiger partial charge in [-0.05, 0) is 45.6 Å². The van der Waals surface area contributed by atoms with Gasteiger partial charge in [0.15, 0.2) is 0 Å². The highest BCUT2D eigenvalue weighted by Gasteiger charge is 2.33. The van der Waals surface area contributed by atoms with Gasteiger partial charge in [-0.3, -0.25) is 4.90 Å². The standard InChI is InChI=1S/C19H30N2O2/c1-14-11-17(20-18(22)23-19(3,4)5)15(2)21(12-14)13-16-9-7-6-8-10-16/h6-10,14-15,17H,11-13H2,1-5H3,(H,20,22)/t14-,15-,17+/m1/s1. The minimum absolute atomic E-state index is 0.123. The van der Waals surface area contributed by atoms with Crippen LogP contribution in [0.3, 0.4) is 0 Å². The zero-order valence-electron chi connectivity index (χ0n) is 15.0. The average Bonchev–Trinajstić information content (AvgIpc) is 2.43. The first-order valence-electron chi connectivity index (χ1n) is 8.52. The Bertz CT molecular complexity index is 510. The van der Waals surface area contributed by atoms with Crippen molar-refractivity contribution in [1.82, 2.24) is 10.2 Å². The van der Waals surface area contributed by atoms with Crippen molar-refractivity contribution in [2.24, 2.45) is 5.92 Å². The lowest BCUT2D eigenvalue weighted by molar-refractivity contribution is 0.0363. The summed E-state index contributed by atoms with van der Waals surface area (Å²) in [6.45, 7) is 12.1. The van der Waals surface area contributed by atoms with Gasteiger partial charge in [0, 0.05) is 25.2 Å². The first-order valence-corrected chi connectivity index (χ1v) is 8.52. The highest BCUT2D eigenvalue weighted by Crippen LogP contribution is 2.24. The van der Waals surface area contributed by atoms with Gasteiger partial charge in [-0.1, -0.05) is 37.3 Å². The number of nitrogens with one attached hydrogen (secondary N) is 1. The Hall–Kier alpha value is -1.55. The zero-order chi connectivity index (χ0) is 17.0. The molecule has 1 N–H and O–H groups in total. The molecule has 2 rings (SSSR count). The molecular weight excluding hydrogens is 288 g/mol. The maximum absolute atomic E-state index is 12.1. The Morgan fingerprint density at radius 3 is 2.52 bits per heavy atom. The third-order valence-electron chi connectivity index (χ3n) is 4.29. The topological polar surface area (TPSA) is 41.6 Å². The first-order chi connectivity index (χ1) is 10.7. The molecule has 0 bridgehead atoms. The number of alkyl carbamates (subject to hydrolysis) is 1. The number of amides is 1. The van der Waals surface area contributed by atoms with E-state index in [2.05, 4.69) is 48.3 Å². The van der Waals surface area contributed by atoms with Crippen LogP contribution in [0.15, 0.2) is 30.3 Å². The molecule has 1 fully saturated rings. The van der Waals surface area contributed by atoms with Crippen LogP contribution < -0.4 is 5.32 Å². The van der Waals surface area contributed by atoms with Gasteiger partial charge in [-0.15, -0.1) is 0 Å². The van der Waals surface area contributed by atoms with Crippen LogP contribution in [0.25, 0.3) is 0 Å². The van der Waals surface area contributed by atoms with E-state index in [1.54, 1.807) is 0 Å². The van der Waals surface area contributed by atoms with E-state index in [1.165, 1.54) is 5.56 Å². The fourth-order valence-corrected chi connectivity index (χ4v) is 3.19. The summed E-state index contributed by atoms with van der Waals surface area (Å²) in [6, 6.07) is 10.9. The van der Waals surface area contributed by atoms with Crippen LogP contribution in [0.2, 0.25) is 0 Å². The van der Waals surface area contributed by atoms with Crippen LogP contribution >= 0.6 is 0 Å². The van der Waals surface area contributed by atoms with Crippen LogP contribution in [-0.2, 0) is 11.3 Å². The molecule has 1 aliphatic heterocycles. The average molecular weight is 318 g/mol. The Kier molecular flexibility index (Phi) is 5.69. The number of hydrogen-bond donors (Lipinski definition) is 1. The van der Waals surface area contributed by atoms with Gasteiger partial charge in [0.25, 0.3) is 0 Å². The summed E-state index contributed by atoms with van der Waals surface area (Å²) in [5, 5.41) is 3.07. The molecule has 0 aromatic heterocycles. The monoisotopic (exact) mass is 318 g/mol. The van der Waals surface area contributed by atoms with E-state index < -0.39 is 5.60 Å². The molecule has 3 atom stereocenters. The number of nitrogens with zero attached hydrogens (tertiary/aromatic N) is 1. The Morgan fingerprint density at radius 1 is 1.26 bits per heavy atom. The predicted octanol–water partition coefficient (Wildman–Crippen LogP) is 3.81. The molecule has 1 aliphatic rings. The minimum Gasteiger partial charge on any atom is -0.444 e. The number of ether oxygens (including phenoxy) is 1.